The summed E-state index contributed by atoms with van der Waals surface area (Å²) in [6, 6.07) is 5.20. The first-order valence-electron chi connectivity index (χ1n) is 7.51. The summed E-state index contributed by atoms with van der Waals surface area (Å²) in [7, 11) is 1.58. The van der Waals surface area contributed by atoms with E-state index in [1.165, 1.54) is 12.8 Å². The normalized spacial score (nSPS) is 17.0. The van der Waals surface area contributed by atoms with Crippen molar-refractivity contribution < 1.29 is 14.3 Å². The Morgan fingerprint density at radius 2 is 1.90 bits per heavy atom. The highest BCUT2D eigenvalue weighted by atomic mass is 16.5. The molecule has 1 unspecified atom stereocenters. The molecule has 116 valence electrons. The summed E-state index contributed by atoms with van der Waals surface area (Å²) in [4.78, 5) is 14.3. The lowest BCUT2D eigenvalue weighted by Gasteiger charge is -2.25. The van der Waals surface area contributed by atoms with Gasteiger partial charge in [0.25, 0.3) is 5.91 Å². The van der Waals surface area contributed by atoms with Crippen LogP contribution in [0.5, 0.6) is 11.5 Å². The van der Waals surface area contributed by atoms with Gasteiger partial charge in [0.15, 0.2) is 6.10 Å². The Kier molecular flexibility index (Phi) is 5.31. The van der Waals surface area contributed by atoms with Crippen molar-refractivity contribution in [3.63, 3.8) is 0 Å². The Morgan fingerprint density at radius 3 is 2.52 bits per heavy atom. The lowest BCUT2D eigenvalue weighted by atomic mass is 10.2. The molecule has 1 atom stereocenters. The van der Waals surface area contributed by atoms with Gasteiger partial charge in [0.2, 0.25) is 0 Å². The number of carbonyl (C=O) groups is 1. The number of anilines is 1. The molecule has 21 heavy (non-hydrogen) atoms. The molecule has 5 nitrogen and oxygen atoms in total. The highest BCUT2D eigenvalue weighted by Gasteiger charge is 2.23. The average molecular weight is 292 g/mol. The number of nitrogen functional groups attached to an aromatic ring is 1. The van der Waals surface area contributed by atoms with Crippen molar-refractivity contribution in [2.45, 2.75) is 38.7 Å². The maximum absolute atomic E-state index is 12.4. The number of methoxy groups -OCH3 is 1. The third-order valence-corrected chi connectivity index (χ3v) is 3.79. The molecular formula is C16H24N2O3. The molecule has 0 bridgehead atoms. The SMILES string of the molecule is COc1ccc(N)c(OC(C)C(=O)N2CCCCCC2)c1. The van der Waals surface area contributed by atoms with Crippen molar-refractivity contribution in [2.24, 2.45) is 0 Å². The summed E-state index contributed by atoms with van der Waals surface area (Å²) < 4.78 is 10.9. The minimum absolute atomic E-state index is 0.0270. The van der Waals surface area contributed by atoms with E-state index >= 15 is 0 Å². The zero-order chi connectivity index (χ0) is 15.2. The summed E-state index contributed by atoms with van der Waals surface area (Å²) in [6.45, 7) is 3.41. The van der Waals surface area contributed by atoms with Gasteiger partial charge in [-0.25, -0.2) is 0 Å². The first kappa shape index (κ1) is 15.5. The standard InChI is InChI=1S/C16H24N2O3/c1-12(16(19)18-9-5-3-4-6-10-18)21-15-11-13(20-2)7-8-14(15)17/h7-8,11-12H,3-6,9-10,17H2,1-2H3. The van der Waals surface area contributed by atoms with Crippen molar-refractivity contribution in [2.75, 3.05) is 25.9 Å². The summed E-state index contributed by atoms with van der Waals surface area (Å²) in [5.74, 6) is 1.18. The van der Waals surface area contributed by atoms with Crippen LogP contribution in [-0.2, 0) is 4.79 Å². The third-order valence-electron chi connectivity index (χ3n) is 3.79. The zero-order valence-electron chi connectivity index (χ0n) is 12.8. The van der Waals surface area contributed by atoms with E-state index in [9.17, 15) is 4.79 Å². The fourth-order valence-electron chi connectivity index (χ4n) is 2.53. The molecule has 0 aromatic heterocycles. The van der Waals surface area contributed by atoms with Crippen LogP contribution in [0.1, 0.15) is 32.6 Å². The van der Waals surface area contributed by atoms with Gasteiger partial charge in [0, 0.05) is 19.2 Å². The third kappa shape index (κ3) is 4.03. The van der Waals surface area contributed by atoms with Gasteiger partial charge < -0.3 is 20.1 Å². The number of hydrogen-bond acceptors (Lipinski definition) is 4. The Morgan fingerprint density at radius 1 is 1.24 bits per heavy atom. The first-order valence-corrected chi connectivity index (χ1v) is 7.51. The van der Waals surface area contributed by atoms with Gasteiger partial charge in [0.05, 0.1) is 12.8 Å². The van der Waals surface area contributed by atoms with Crippen molar-refractivity contribution in [3.8, 4) is 11.5 Å². The topological polar surface area (TPSA) is 64.8 Å². The molecule has 2 N–H and O–H groups in total. The lowest BCUT2D eigenvalue weighted by Crippen LogP contribution is -2.41. The number of likely N-dealkylation sites (tertiary alicyclic amines) is 1. The molecule has 1 saturated heterocycles. The summed E-state index contributed by atoms with van der Waals surface area (Å²) in [5.41, 5.74) is 6.40. The molecule has 0 aliphatic carbocycles. The van der Waals surface area contributed by atoms with Crippen molar-refractivity contribution in [3.05, 3.63) is 18.2 Å². The van der Waals surface area contributed by atoms with E-state index in [0.29, 0.717) is 17.2 Å². The Labute approximate surface area is 126 Å². The predicted molar refractivity (Wildman–Crippen MR) is 82.5 cm³/mol. The van der Waals surface area contributed by atoms with Crippen LogP contribution in [0.4, 0.5) is 5.69 Å². The Bertz CT molecular complexity index is 482. The zero-order valence-corrected chi connectivity index (χ0v) is 12.8. The summed E-state index contributed by atoms with van der Waals surface area (Å²) in [6.07, 6.45) is 3.99. The largest absolute Gasteiger partial charge is 0.497 e. The molecule has 2 rings (SSSR count). The van der Waals surface area contributed by atoms with Crippen LogP contribution in [0.15, 0.2) is 18.2 Å². The highest BCUT2D eigenvalue weighted by molar-refractivity contribution is 5.81. The second kappa shape index (κ2) is 7.20. The molecule has 0 spiro atoms. The molecule has 1 aliphatic rings. The minimum Gasteiger partial charge on any atom is -0.497 e. The van der Waals surface area contributed by atoms with Crippen molar-refractivity contribution >= 4 is 11.6 Å². The molecule has 1 aromatic carbocycles. The maximum atomic E-state index is 12.4. The number of nitrogens with zero attached hydrogens (tertiary/aromatic N) is 1. The fourth-order valence-corrected chi connectivity index (χ4v) is 2.53. The van der Waals surface area contributed by atoms with E-state index < -0.39 is 6.10 Å². The second-order valence-electron chi connectivity index (χ2n) is 5.40. The summed E-state index contributed by atoms with van der Waals surface area (Å²) in [5, 5.41) is 0. The van der Waals surface area contributed by atoms with Gasteiger partial charge in [-0.05, 0) is 31.9 Å². The van der Waals surface area contributed by atoms with Gasteiger partial charge >= 0.3 is 0 Å². The quantitative estimate of drug-likeness (QED) is 0.866. The van der Waals surface area contributed by atoms with Crippen LogP contribution in [0, 0.1) is 0 Å². The molecule has 0 saturated carbocycles. The van der Waals surface area contributed by atoms with Gasteiger partial charge in [0.1, 0.15) is 11.5 Å². The van der Waals surface area contributed by atoms with Crippen LogP contribution in [-0.4, -0.2) is 37.1 Å². The molecule has 5 heteroatoms. The smallest absolute Gasteiger partial charge is 0.263 e. The second-order valence-corrected chi connectivity index (χ2v) is 5.40. The van der Waals surface area contributed by atoms with Crippen LogP contribution in [0.3, 0.4) is 0 Å². The minimum atomic E-state index is -0.544. The van der Waals surface area contributed by atoms with Gasteiger partial charge in [-0.2, -0.15) is 0 Å². The van der Waals surface area contributed by atoms with E-state index in [1.54, 1.807) is 32.2 Å². The van der Waals surface area contributed by atoms with E-state index in [1.807, 2.05) is 4.90 Å². The number of rotatable bonds is 4. The van der Waals surface area contributed by atoms with Crippen LogP contribution >= 0.6 is 0 Å². The highest BCUT2D eigenvalue weighted by Crippen LogP contribution is 2.28. The molecule has 1 heterocycles. The van der Waals surface area contributed by atoms with Crippen molar-refractivity contribution in [1.82, 2.24) is 4.90 Å². The number of hydrogen-bond donors (Lipinski definition) is 1. The van der Waals surface area contributed by atoms with E-state index in [2.05, 4.69) is 0 Å². The average Bonchev–Trinajstić information content (AvgIpc) is 2.77. The van der Waals surface area contributed by atoms with E-state index in [-0.39, 0.29) is 5.91 Å². The Balaban J connectivity index is 2.02. The van der Waals surface area contributed by atoms with Crippen LogP contribution in [0.2, 0.25) is 0 Å². The van der Waals surface area contributed by atoms with Gasteiger partial charge in [-0.3, -0.25) is 4.79 Å². The molecule has 1 aromatic rings. The molecule has 1 aliphatic heterocycles. The lowest BCUT2D eigenvalue weighted by molar-refractivity contribution is -0.137. The number of benzene rings is 1. The molecule has 1 fully saturated rings. The monoisotopic (exact) mass is 292 g/mol. The molecule has 0 radical (unpaired) electrons. The van der Waals surface area contributed by atoms with E-state index in [0.717, 1.165) is 25.9 Å². The van der Waals surface area contributed by atoms with Crippen LogP contribution < -0.4 is 15.2 Å². The first-order chi connectivity index (χ1) is 10.1. The number of nitrogens with two attached hydrogens (primary N) is 1. The predicted octanol–water partition coefficient (Wildman–Crippen LogP) is 2.45. The maximum Gasteiger partial charge on any atom is 0.263 e. The fraction of sp³-hybridized carbons (Fsp3) is 0.562. The number of amides is 1. The summed E-state index contributed by atoms with van der Waals surface area (Å²) >= 11 is 0. The van der Waals surface area contributed by atoms with Gasteiger partial charge in [-0.1, -0.05) is 12.8 Å². The van der Waals surface area contributed by atoms with E-state index in [4.69, 9.17) is 15.2 Å². The Hall–Kier alpha value is -1.91. The number of carbonyl (C=O) groups excluding carboxylic acids is 1. The van der Waals surface area contributed by atoms with Gasteiger partial charge in [-0.15, -0.1) is 0 Å². The molecule has 1 amide bonds. The van der Waals surface area contributed by atoms with Crippen molar-refractivity contribution in [1.29, 1.82) is 0 Å². The van der Waals surface area contributed by atoms with Crippen LogP contribution in [0.25, 0.3) is 0 Å². The molecular weight excluding hydrogens is 268 g/mol. The number of ether oxygens (including phenoxy) is 2.